The van der Waals surface area contributed by atoms with Crippen molar-refractivity contribution in [3.05, 3.63) is 0 Å². The number of unbranched alkanes of at least 4 members (excludes halogenated alkanes) is 1. The smallest absolute Gasteiger partial charge is 0.317 e. The molecule has 0 spiro atoms. The van der Waals surface area contributed by atoms with E-state index in [1.54, 1.807) is 0 Å². The monoisotopic (exact) mass is 310 g/mol. The molecule has 4 heteroatoms. The van der Waals surface area contributed by atoms with Crippen LogP contribution in [0.3, 0.4) is 0 Å². The van der Waals surface area contributed by atoms with E-state index in [-0.39, 0.29) is 6.54 Å². The Kier molecular flexibility index (Phi) is 7.67. The van der Waals surface area contributed by atoms with Crippen LogP contribution in [0.4, 0.5) is 0 Å². The highest BCUT2D eigenvalue weighted by molar-refractivity contribution is 5.69. The van der Waals surface area contributed by atoms with E-state index in [0.717, 1.165) is 25.6 Å². The first-order valence-corrected chi connectivity index (χ1v) is 9.35. The average molecular weight is 310 g/mol. The van der Waals surface area contributed by atoms with E-state index < -0.39 is 5.97 Å². The van der Waals surface area contributed by atoms with Gasteiger partial charge in [-0.25, -0.2) is 0 Å². The minimum Gasteiger partial charge on any atom is -0.480 e. The molecule has 0 aromatic rings. The quantitative estimate of drug-likeness (QED) is 0.723. The number of carboxylic acids is 1. The third kappa shape index (κ3) is 6.25. The fraction of sp³-hybridized carbons (Fsp3) is 0.944. The van der Waals surface area contributed by atoms with E-state index in [9.17, 15) is 4.79 Å². The van der Waals surface area contributed by atoms with Crippen molar-refractivity contribution in [3.8, 4) is 0 Å². The van der Waals surface area contributed by atoms with Gasteiger partial charge < -0.3 is 10.4 Å². The summed E-state index contributed by atoms with van der Waals surface area (Å²) >= 11 is 0. The van der Waals surface area contributed by atoms with Gasteiger partial charge in [-0.05, 0) is 44.1 Å². The number of piperidine rings is 1. The van der Waals surface area contributed by atoms with Gasteiger partial charge in [0.15, 0.2) is 0 Å². The van der Waals surface area contributed by atoms with Crippen LogP contribution in [0, 0.1) is 11.8 Å². The largest absolute Gasteiger partial charge is 0.480 e. The molecule has 1 aliphatic heterocycles. The van der Waals surface area contributed by atoms with Gasteiger partial charge >= 0.3 is 5.97 Å². The Bertz CT molecular complexity index is 329. The summed E-state index contributed by atoms with van der Waals surface area (Å²) in [6, 6.07) is 0.483. The number of hydrogen-bond donors (Lipinski definition) is 2. The standard InChI is InChI=1S/C18H34N2O2/c1-2-3-7-16-10-17(13-20(12-16)14-18(21)22)19-11-15-8-5-4-6-9-15/h15-17,19H,2-14H2,1H3,(H,21,22). The van der Waals surface area contributed by atoms with Crippen LogP contribution in [-0.2, 0) is 4.79 Å². The van der Waals surface area contributed by atoms with Gasteiger partial charge in [-0.15, -0.1) is 0 Å². The van der Waals surface area contributed by atoms with Gasteiger partial charge in [0, 0.05) is 19.1 Å². The van der Waals surface area contributed by atoms with Crippen molar-refractivity contribution in [1.82, 2.24) is 10.2 Å². The molecular weight excluding hydrogens is 276 g/mol. The molecule has 128 valence electrons. The van der Waals surface area contributed by atoms with E-state index in [2.05, 4.69) is 17.1 Å². The fourth-order valence-electron chi connectivity index (χ4n) is 4.20. The van der Waals surface area contributed by atoms with Crippen LogP contribution in [-0.4, -0.2) is 48.2 Å². The highest BCUT2D eigenvalue weighted by Gasteiger charge is 2.28. The second-order valence-electron chi connectivity index (χ2n) is 7.44. The molecule has 2 unspecified atom stereocenters. The van der Waals surface area contributed by atoms with Crippen LogP contribution in [0.5, 0.6) is 0 Å². The maximum atomic E-state index is 11.0. The molecular formula is C18H34N2O2. The van der Waals surface area contributed by atoms with Gasteiger partial charge in [-0.3, -0.25) is 9.69 Å². The first kappa shape index (κ1) is 17.7. The molecule has 0 amide bonds. The minimum atomic E-state index is -0.692. The number of nitrogens with one attached hydrogen (secondary N) is 1. The Morgan fingerprint density at radius 2 is 1.95 bits per heavy atom. The number of hydrogen-bond acceptors (Lipinski definition) is 3. The Balaban J connectivity index is 1.80. The first-order chi connectivity index (χ1) is 10.7. The zero-order valence-corrected chi connectivity index (χ0v) is 14.2. The number of likely N-dealkylation sites (tertiary alicyclic amines) is 1. The van der Waals surface area contributed by atoms with Crippen LogP contribution in [0.15, 0.2) is 0 Å². The Hall–Kier alpha value is -0.610. The molecule has 22 heavy (non-hydrogen) atoms. The SMILES string of the molecule is CCCCC1CC(NCC2CCCCC2)CN(CC(=O)O)C1. The van der Waals surface area contributed by atoms with Crippen LogP contribution in [0.25, 0.3) is 0 Å². The molecule has 1 aliphatic carbocycles. The summed E-state index contributed by atoms with van der Waals surface area (Å²) in [5, 5.41) is 12.9. The van der Waals surface area contributed by atoms with Crippen molar-refractivity contribution in [2.45, 2.75) is 70.8 Å². The van der Waals surface area contributed by atoms with E-state index in [1.807, 2.05) is 0 Å². The Morgan fingerprint density at radius 3 is 2.64 bits per heavy atom. The molecule has 0 aromatic heterocycles. The maximum absolute atomic E-state index is 11.0. The van der Waals surface area contributed by atoms with E-state index in [4.69, 9.17) is 5.11 Å². The lowest BCUT2D eigenvalue weighted by Crippen LogP contribution is -2.51. The number of carbonyl (C=O) groups is 1. The molecule has 2 N–H and O–H groups in total. The van der Waals surface area contributed by atoms with Crippen LogP contribution >= 0.6 is 0 Å². The summed E-state index contributed by atoms with van der Waals surface area (Å²) in [7, 11) is 0. The normalized spacial score (nSPS) is 27.9. The van der Waals surface area contributed by atoms with Gasteiger partial charge in [0.05, 0.1) is 6.54 Å². The summed E-state index contributed by atoms with van der Waals surface area (Å²) < 4.78 is 0. The minimum absolute atomic E-state index is 0.199. The van der Waals surface area contributed by atoms with Crippen LogP contribution < -0.4 is 5.32 Å². The van der Waals surface area contributed by atoms with Crippen molar-refractivity contribution >= 4 is 5.97 Å². The molecule has 0 bridgehead atoms. The summed E-state index contributed by atoms with van der Waals surface area (Å²) in [6.45, 7) is 5.43. The molecule has 2 atom stereocenters. The Morgan fingerprint density at radius 1 is 1.18 bits per heavy atom. The number of rotatable bonds is 8. The lowest BCUT2D eigenvalue weighted by molar-refractivity contribution is -0.138. The van der Waals surface area contributed by atoms with Gasteiger partial charge in [-0.1, -0.05) is 39.0 Å². The predicted octanol–water partition coefficient (Wildman–Crippen LogP) is 3.12. The number of aliphatic carboxylic acids is 1. The fourth-order valence-corrected chi connectivity index (χ4v) is 4.20. The van der Waals surface area contributed by atoms with E-state index in [0.29, 0.717) is 12.0 Å². The van der Waals surface area contributed by atoms with Crippen molar-refractivity contribution in [2.24, 2.45) is 11.8 Å². The lowest BCUT2D eigenvalue weighted by atomic mass is 9.87. The Labute approximate surface area is 135 Å². The summed E-state index contributed by atoms with van der Waals surface area (Å²) in [5.41, 5.74) is 0. The van der Waals surface area contributed by atoms with E-state index >= 15 is 0 Å². The van der Waals surface area contributed by atoms with Crippen molar-refractivity contribution in [1.29, 1.82) is 0 Å². The lowest BCUT2D eigenvalue weighted by Gasteiger charge is -2.38. The number of carboxylic acid groups (broad SMARTS) is 1. The average Bonchev–Trinajstić information content (AvgIpc) is 2.51. The molecule has 1 saturated heterocycles. The molecule has 0 radical (unpaired) electrons. The van der Waals surface area contributed by atoms with Gasteiger partial charge in [0.25, 0.3) is 0 Å². The van der Waals surface area contributed by atoms with E-state index in [1.165, 1.54) is 57.8 Å². The number of nitrogens with zero attached hydrogens (tertiary/aromatic N) is 1. The molecule has 2 rings (SSSR count). The summed E-state index contributed by atoms with van der Waals surface area (Å²) in [4.78, 5) is 13.2. The maximum Gasteiger partial charge on any atom is 0.317 e. The second-order valence-corrected chi connectivity index (χ2v) is 7.44. The third-order valence-corrected chi connectivity index (χ3v) is 5.36. The predicted molar refractivity (Wildman–Crippen MR) is 90.1 cm³/mol. The van der Waals surface area contributed by atoms with Crippen LogP contribution in [0.2, 0.25) is 0 Å². The molecule has 0 aromatic carbocycles. The summed E-state index contributed by atoms with van der Waals surface area (Å²) in [6.07, 6.45) is 11.9. The molecule has 1 saturated carbocycles. The van der Waals surface area contributed by atoms with Crippen LogP contribution in [0.1, 0.15) is 64.7 Å². The zero-order chi connectivity index (χ0) is 15.8. The first-order valence-electron chi connectivity index (χ1n) is 9.35. The van der Waals surface area contributed by atoms with Crippen molar-refractivity contribution in [2.75, 3.05) is 26.2 Å². The second kappa shape index (κ2) is 9.51. The topological polar surface area (TPSA) is 52.6 Å². The van der Waals surface area contributed by atoms with Gasteiger partial charge in [0.2, 0.25) is 0 Å². The van der Waals surface area contributed by atoms with Crippen molar-refractivity contribution < 1.29 is 9.90 Å². The summed E-state index contributed by atoms with van der Waals surface area (Å²) in [5.74, 6) is 0.816. The van der Waals surface area contributed by atoms with Gasteiger partial charge in [0.1, 0.15) is 0 Å². The molecule has 4 nitrogen and oxygen atoms in total. The zero-order valence-electron chi connectivity index (χ0n) is 14.2. The molecule has 2 fully saturated rings. The molecule has 1 heterocycles. The third-order valence-electron chi connectivity index (χ3n) is 5.36. The highest BCUT2D eigenvalue weighted by atomic mass is 16.4. The highest BCUT2D eigenvalue weighted by Crippen LogP contribution is 2.25. The molecule has 2 aliphatic rings. The van der Waals surface area contributed by atoms with Gasteiger partial charge in [-0.2, -0.15) is 0 Å². The van der Waals surface area contributed by atoms with Crippen molar-refractivity contribution in [3.63, 3.8) is 0 Å².